The van der Waals surface area contributed by atoms with Gasteiger partial charge in [-0.05, 0) is 25.1 Å². The molecule has 9 nitrogen and oxygen atoms in total. The lowest BCUT2D eigenvalue weighted by atomic mass is 10.2. The third-order valence-corrected chi connectivity index (χ3v) is 6.53. The normalized spacial score (nSPS) is 16.2. The summed E-state index contributed by atoms with van der Waals surface area (Å²) in [6.45, 7) is 2.42. The van der Waals surface area contributed by atoms with Crippen molar-refractivity contribution >= 4 is 21.6 Å². The maximum Gasteiger partial charge on any atom is 0.273 e. The van der Waals surface area contributed by atoms with Crippen molar-refractivity contribution in [3.8, 4) is 5.75 Å². The molecule has 2 aromatic carbocycles. The quantitative estimate of drug-likeness (QED) is 0.522. The molecule has 0 spiro atoms. The first-order chi connectivity index (χ1) is 13.8. The Labute approximate surface area is 168 Å². The van der Waals surface area contributed by atoms with Crippen LogP contribution in [-0.2, 0) is 14.8 Å². The summed E-state index contributed by atoms with van der Waals surface area (Å²) < 4.78 is 32.3. The van der Waals surface area contributed by atoms with Crippen LogP contribution in [0.4, 0.5) is 5.69 Å². The SMILES string of the molecule is C[C@H](Oc1cccc([N+](=O)[O-])c1)C(=O)N1CCN(S(=O)(=O)c2ccccc2)CC1. The average Bonchev–Trinajstić information content (AvgIpc) is 2.74. The van der Waals surface area contributed by atoms with Crippen molar-refractivity contribution in [3.05, 3.63) is 64.7 Å². The Balaban J connectivity index is 1.60. The van der Waals surface area contributed by atoms with Crippen LogP contribution >= 0.6 is 0 Å². The van der Waals surface area contributed by atoms with Crippen LogP contribution in [0.25, 0.3) is 0 Å². The third-order valence-electron chi connectivity index (χ3n) is 4.62. The van der Waals surface area contributed by atoms with Crippen molar-refractivity contribution < 1.29 is 22.9 Å². The second-order valence-electron chi connectivity index (χ2n) is 6.56. The Kier molecular flexibility index (Phi) is 6.14. The number of carbonyl (C=O) groups is 1. The van der Waals surface area contributed by atoms with Crippen molar-refractivity contribution in [2.75, 3.05) is 26.2 Å². The molecule has 0 unspecified atom stereocenters. The summed E-state index contributed by atoms with van der Waals surface area (Å²) in [4.78, 5) is 24.7. The molecular formula is C19H21N3O6S. The van der Waals surface area contributed by atoms with Gasteiger partial charge in [0.25, 0.3) is 11.6 Å². The summed E-state index contributed by atoms with van der Waals surface area (Å²) in [6, 6.07) is 13.8. The number of nitrogens with zero attached hydrogens (tertiary/aromatic N) is 3. The standard InChI is InChI=1S/C19H21N3O6S/c1-15(28-17-7-5-6-16(14-17)22(24)25)19(23)20-10-12-21(13-11-20)29(26,27)18-8-3-2-4-9-18/h2-9,14-15H,10-13H2,1H3/t15-/m0/s1. The molecule has 0 radical (unpaired) electrons. The number of carbonyl (C=O) groups excluding carboxylic acids is 1. The van der Waals surface area contributed by atoms with E-state index in [1.54, 1.807) is 48.2 Å². The lowest BCUT2D eigenvalue weighted by Crippen LogP contribution is -2.53. The summed E-state index contributed by atoms with van der Waals surface area (Å²) >= 11 is 0. The van der Waals surface area contributed by atoms with E-state index in [1.807, 2.05) is 0 Å². The molecule has 1 saturated heterocycles. The van der Waals surface area contributed by atoms with Crippen molar-refractivity contribution in [1.82, 2.24) is 9.21 Å². The number of nitro benzene ring substituents is 1. The summed E-state index contributed by atoms with van der Waals surface area (Å²) in [5, 5.41) is 10.9. The second-order valence-corrected chi connectivity index (χ2v) is 8.49. The highest BCUT2D eigenvalue weighted by Gasteiger charge is 2.32. The number of sulfonamides is 1. The van der Waals surface area contributed by atoms with Gasteiger partial charge >= 0.3 is 0 Å². The summed E-state index contributed by atoms with van der Waals surface area (Å²) in [5.41, 5.74) is -0.123. The van der Waals surface area contributed by atoms with Crippen LogP contribution in [0.3, 0.4) is 0 Å². The molecule has 1 aliphatic rings. The monoisotopic (exact) mass is 419 g/mol. The van der Waals surface area contributed by atoms with Gasteiger partial charge in [-0.1, -0.05) is 24.3 Å². The molecule has 0 aliphatic carbocycles. The van der Waals surface area contributed by atoms with Crippen molar-refractivity contribution in [2.24, 2.45) is 0 Å². The van der Waals surface area contributed by atoms with Gasteiger partial charge in [0.15, 0.2) is 6.10 Å². The molecule has 1 heterocycles. The van der Waals surface area contributed by atoms with E-state index in [1.165, 1.54) is 22.5 Å². The molecule has 0 bridgehead atoms. The first-order valence-electron chi connectivity index (χ1n) is 9.04. The van der Waals surface area contributed by atoms with E-state index >= 15 is 0 Å². The fourth-order valence-electron chi connectivity index (χ4n) is 3.07. The summed E-state index contributed by atoms with van der Waals surface area (Å²) in [6.07, 6.45) is -0.853. The minimum atomic E-state index is -3.59. The smallest absolute Gasteiger partial charge is 0.273 e. The predicted molar refractivity (Wildman–Crippen MR) is 105 cm³/mol. The van der Waals surface area contributed by atoms with Gasteiger partial charge in [-0.15, -0.1) is 0 Å². The molecule has 154 valence electrons. The molecule has 2 aromatic rings. The molecule has 1 amide bonds. The van der Waals surface area contributed by atoms with E-state index in [2.05, 4.69) is 0 Å². The molecule has 1 aliphatic heterocycles. The Morgan fingerprint density at radius 2 is 1.72 bits per heavy atom. The minimum absolute atomic E-state index is 0.123. The lowest BCUT2D eigenvalue weighted by molar-refractivity contribution is -0.384. The van der Waals surface area contributed by atoms with E-state index in [4.69, 9.17) is 4.74 Å². The summed E-state index contributed by atoms with van der Waals surface area (Å²) in [7, 11) is -3.59. The molecule has 29 heavy (non-hydrogen) atoms. The van der Waals surface area contributed by atoms with Crippen LogP contribution in [0.2, 0.25) is 0 Å². The van der Waals surface area contributed by atoms with Crippen LogP contribution < -0.4 is 4.74 Å². The van der Waals surface area contributed by atoms with Gasteiger partial charge in [0, 0.05) is 32.2 Å². The Hall–Kier alpha value is -2.98. The highest BCUT2D eigenvalue weighted by molar-refractivity contribution is 7.89. The van der Waals surface area contributed by atoms with Gasteiger partial charge in [-0.2, -0.15) is 4.31 Å². The van der Waals surface area contributed by atoms with Crippen molar-refractivity contribution in [3.63, 3.8) is 0 Å². The molecule has 0 aromatic heterocycles. The van der Waals surface area contributed by atoms with E-state index in [0.29, 0.717) is 0 Å². The Morgan fingerprint density at radius 1 is 1.07 bits per heavy atom. The molecule has 0 saturated carbocycles. The topological polar surface area (TPSA) is 110 Å². The molecular weight excluding hydrogens is 398 g/mol. The van der Waals surface area contributed by atoms with E-state index in [0.717, 1.165) is 0 Å². The van der Waals surface area contributed by atoms with Crippen LogP contribution in [0.5, 0.6) is 5.75 Å². The maximum absolute atomic E-state index is 12.7. The fraction of sp³-hybridized carbons (Fsp3) is 0.316. The molecule has 10 heteroatoms. The number of hydrogen-bond donors (Lipinski definition) is 0. The van der Waals surface area contributed by atoms with Crippen LogP contribution in [0.15, 0.2) is 59.5 Å². The van der Waals surface area contributed by atoms with Gasteiger partial charge in [0.05, 0.1) is 15.9 Å². The van der Waals surface area contributed by atoms with E-state index < -0.39 is 21.1 Å². The largest absolute Gasteiger partial charge is 0.481 e. The maximum atomic E-state index is 12.7. The second kappa shape index (κ2) is 8.58. The fourth-order valence-corrected chi connectivity index (χ4v) is 4.52. The highest BCUT2D eigenvalue weighted by atomic mass is 32.2. The number of non-ortho nitro benzene ring substituents is 1. The zero-order valence-corrected chi connectivity index (χ0v) is 16.6. The minimum Gasteiger partial charge on any atom is -0.481 e. The van der Waals surface area contributed by atoms with Crippen molar-refractivity contribution in [2.45, 2.75) is 17.9 Å². The van der Waals surface area contributed by atoms with Crippen LogP contribution in [0.1, 0.15) is 6.92 Å². The van der Waals surface area contributed by atoms with Gasteiger partial charge < -0.3 is 9.64 Å². The average molecular weight is 419 g/mol. The Bertz CT molecular complexity index is 988. The van der Waals surface area contributed by atoms with Gasteiger partial charge in [-0.25, -0.2) is 8.42 Å². The summed E-state index contributed by atoms with van der Waals surface area (Å²) in [5.74, 6) is -0.0707. The number of piperazine rings is 1. The highest BCUT2D eigenvalue weighted by Crippen LogP contribution is 2.21. The van der Waals surface area contributed by atoms with Crippen molar-refractivity contribution in [1.29, 1.82) is 0 Å². The number of rotatable bonds is 6. The van der Waals surface area contributed by atoms with Gasteiger partial charge in [-0.3, -0.25) is 14.9 Å². The predicted octanol–water partition coefficient (Wildman–Crippen LogP) is 1.90. The molecule has 1 fully saturated rings. The first kappa shape index (κ1) is 20.7. The van der Waals surface area contributed by atoms with Gasteiger partial charge in [0.2, 0.25) is 10.0 Å². The van der Waals surface area contributed by atoms with Crippen LogP contribution in [-0.4, -0.2) is 60.7 Å². The zero-order chi connectivity index (χ0) is 21.0. The number of ether oxygens (including phenoxy) is 1. The lowest BCUT2D eigenvalue weighted by Gasteiger charge is -2.35. The van der Waals surface area contributed by atoms with Crippen LogP contribution in [0, 0.1) is 10.1 Å². The number of nitro groups is 1. The molecule has 1 atom stereocenters. The number of amides is 1. The van der Waals surface area contributed by atoms with E-state index in [9.17, 15) is 23.3 Å². The molecule has 3 rings (SSSR count). The van der Waals surface area contributed by atoms with Gasteiger partial charge in [0.1, 0.15) is 5.75 Å². The zero-order valence-electron chi connectivity index (χ0n) is 15.8. The van der Waals surface area contributed by atoms with E-state index in [-0.39, 0.29) is 48.4 Å². The Morgan fingerprint density at radius 3 is 2.34 bits per heavy atom. The number of benzene rings is 2. The number of hydrogen-bond acceptors (Lipinski definition) is 6. The first-order valence-corrected chi connectivity index (χ1v) is 10.5. The molecule has 0 N–H and O–H groups in total. The third kappa shape index (κ3) is 4.72.